The predicted octanol–water partition coefficient (Wildman–Crippen LogP) is 3.57. The van der Waals surface area contributed by atoms with Gasteiger partial charge in [0.25, 0.3) is 5.91 Å². The molecule has 0 spiro atoms. The summed E-state index contributed by atoms with van der Waals surface area (Å²) in [5, 5.41) is 0. The van der Waals surface area contributed by atoms with Gasteiger partial charge in [0.1, 0.15) is 0 Å². The van der Waals surface area contributed by atoms with Gasteiger partial charge in [-0.05, 0) is 55.0 Å². The first kappa shape index (κ1) is 17.2. The van der Waals surface area contributed by atoms with Crippen LogP contribution >= 0.6 is 0 Å². The van der Waals surface area contributed by atoms with Gasteiger partial charge < -0.3 is 9.64 Å². The smallest absolute Gasteiger partial charge is 0.337 e. The molecule has 130 valence electrons. The van der Waals surface area contributed by atoms with E-state index < -0.39 is 0 Å². The first-order valence-electron chi connectivity index (χ1n) is 8.69. The van der Waals surface area contributed by atoms with E-state index in [0.29, 0.717) is 17.0 Å². The maximum Gasteiger partial charge on any atom is 0.337 e. The fourth-order valence-electron chi connectivity index (χ4n) is 3.34. The molecule has 0 unspecified atom stereocenters. The lowest BCUT2D eigenvalue weighted by Crippen LogP contribution is -2.38. The van der Waals surface area contributed by atoms with Crippen molar-refractivity contribution in [1.29, 1.82) is 0 Å². The highest BCUT2D eigenvalue weighted by atomic mass is 16.5. The van der Waals surface area contributed by atoms with E-state index in [0.717, 1.165) is 32.4 Å². The van der Waals surface area contributed by atoms with Gasteiger partial charge in [-0.1, -0.05) is 30.3 Å². The maximum absolute atomic E-state index is 12.6. The second kappa shape index (κ2) is 7.97. The van der Waals surface area contributed by atoms with E-state index >= 15 is 0 Å². The number of rotatable bonds is 4. The molecule has 1 fully saturated rings. The first-order chi connectivity index (χ1) is 12.2. The molecule has 25 heavy (non-hydrogen) atoms. The monoisotopic (exact) mass is 337 g/mol. The number of hydrogen-bond donors (Lipinski definition) is 0. The summed E-state index contributed by atoms with van der Waals surface area (Å²) in [6, 6.07) is 17.2. The molecular weight excluding hydrogens is 314 g/mol. The van der Waals surface area contributed by atoms with Crippen LogP contribution in [-0.2, 0) is 11.2 Å². The normalized spacial score (nSPS) is 15.0. The van der Waals surface area contributed by atoms with Gasteiger partial charge in [-0.15, -0.1) is 0 Å². The summed E-state index contributed by atoms with van der Waals surface area (Å²) >= 11 is 0. The highest BCUT2D eigenvalue weighted by molar-refractivity contribution is 5.96. The third-order valence-electron chi connectivity index (χ3n) is 4.82. The lowest BCUT2D eigenvalue weighted by Gasteiger charge is -2.32. The van der Waals surface area contributed by atoms with Gasteiger partial charge in [-0.25, -0.2) is 4.79 Å². The van der Waals surface area contributed by atoms with E-state index in [9.17, 15) is 9.59 Å². The minimum Gasteiger partial charge on any atom is -0.465 e. The van der Waals surface area contributed by atoms with E-state index in [4.69, 9.17) is 0 Å². The Labute approximate surface area is 148 Å². The summed E-state index contributed by atoms with van der Waals surface area (Å²) in [5.74, 6) is 0.281. The SMILES string of the molecule is COC(=O)c1ccc(C(=O)N2CCC(Cc3ccccc3)CC2)cc1. The fourth-order valence-corrected chi connectivity index (χ4v) is 3.34. The molecule has 0 saturated carbocycles. The van der Waals surface area contributed by atoms with Crippen LogP contribution in [0.5, 0.6) is 0 Å². The third-order valence-corrected chi connectivity index (χ3v) is 4.82. The van der Waals surface area contributed by atoms with Crippen molar-refractivity contribution in [2.75, 3.05) is 20.2 Å². The van der Waals surface area contributed by atoms with Crippen LogP contribution in [0.4, 0.5) is 0 Å². The number of nitrogens with zero attached hydrogens (tertiary/aromatic N) is 1. The summed E-state index contributed by atoms with van der Waals surface area (Å²) in [5.41, 5.74) is 2.44. The lowest BCUT2D eigenvalue weighted by molar-refractivity contribution is 0.0599. The van der Waals surface area contributed by atoms with Crippen LogP contribution in [0.25, 0.3) is 0 Å². The highest BCUT2D eigenvalue weighted by Crippen LogP contribution is 2.23. The van der Waals surface area contributed by atoms with E-state index in [1.165, 1.54) is 12.7 Å². The van der Waals surface area contributed by atoms with Crippen molar-refractivity contribution in [3.05, 3.63) is 71.3 Å². The second-order valence-corrected chi connectivity index (χ2v) is 6.49. The van der Waals surface area contributed by atoms with E-state index in [2.05, 4.69) is 29.0 Å². The first-order valence-corrected chi connectivity index (χ1v) is 8.69. The van der Waals surface area contributed by atoms with Crippen LogP contribution in [0.1, 0.15) is 39.1 Å². The minimum absolute atomic E-state index is 0.0366. The van der Waals surface area contributed by atoms with Gasteiger partial charge in [0, 0.05) is 18.7 Å². The molecule has 4 heteroatoms. The Morgan fingerprint density at radius 1 is 0.960 bits per heavy atom. The summed E-state index contributed by atoms with van der Waals surface area (Å²) in [6.45, 7) is 1.57. The molecular formula is C21H23NO3. The van der Waals surface area contributed by atoms with Crippen molar-refractivity contribution in [2.24, 2.45) is 5.92 Å². The minimum atomic E-state index is -0.388. The Hall–Kier alpha value is -2.62. The molecule has 1 aliphatic heterocycles. The Morgan fingerprint density at radius 2 is 1.56 bits per heavy atom. The van der Waals surface area contributed by atoms with Crippen molar-refractivity contribution in [1.82, 2.24) is 4.90 Å². The van der Waals surface area contributed by atoms with E-state index in [-0.39, 0.29) is 11.9 Å². The number of methoxy groups -OCH3 is 1. The molecule has 0 atom stereocenters. The molecule has 0 bridgehead atoms. The lowest BCUT2D eigenvalue weighted by atomic mass is 9.90. The van der Waals surface area contributed by atoms with Crippen molar-refractivity contribution < 1.29 is 14.3 Å². The zero-order valence-corrected chi connectivity index (χ0v) is 14.5. The van der Waals surface area contributed by atoms with Gasteiger partial charge in [-0.2, -0.15) is 0 Å². The number of piperidine rings is 1. The number of likely N-dealkylation sites (tertiary alicyclic amines) is 1. The average Bonchev–Trinajstić information content (AvgIpc) is 2.68. The standard InChI is InChI=1S/C21H23NO3/c1-25-21(24)19-9-7-18(8-10-19)20(23)22-13-11-17(12-14-22)15-16-5-3-2-4-6-16/h2-10,17H,11-15H2,1H3. The molecule has 1 saturated heterocycles. The van der Waals surface area contributed by atoms with Crippen LogP contribution < -0.4 is 0 Å². The molecule has 4 nitrogen and oxygen atoms in total. The van der Waals surface area contributed by atoms with Crippen molar-refractivity contribution >= 4 is 11.9 Å². The Bertz CT molecular complexity index is 717. The highest BCUT2D eigenvalue weighted by Gasteiger charge is 2.23. The molecule has 1 heterocycles. The van der Waals surface area contributed by atoms with E-state index in [1.54, 1.807) is 24.3 Å². The molecule has 2 aromatic carbocycles. The number of hydrogen-bond acceptors (Lipinski definition) is 3. The quantitative estimate of drug-likeness (QED) is 0.801. The van der Waals surface area contributed by atoms with Crippen LogP contribution in [0.2, 0.25) is 0 Å². The zero-order valence-electron chi connectivity index (χ0n) is 14.5. The fraction of sp³-hybridized carbons (Fsp3) is 0.333. The Morgan fingerprint density at radius 3 is 2.16 bits per heavy atom. The third kappa shape index (κ3) is 4.27. The molecule has 0 aromatic heterocycles. The van der Waals surface area contributed by atoms with Gasteiger partial charge in [0.15, 0.2) is 0 Å². The van der Waals surface area contributed by atoms with E-state index in [1.807, 2.05) is 11.0 Å². The summed E-state index contributed by atoms with van der Waals surface area (Å²) < 4.78 is 4.68. The average molecular weight is 337 g/mol. The molecule has 0 N–H and O–H groups in total. The van der Waals surface area contributed by atoms with Gasteiger partial charge in [-0.3, -0.25) is 4.79 Å². The Kier molecular flexibility index (Phi) is 5.49. The zero-order chi connectivity index (χ0) is 17.6. The largest absolute Gasteiger partial charge is 0.465 e. The number of amides is 1. The molecule has 3 rings (SSSR count). The van der Waals surface area contributed by atoms with Crippen LogP contribution in [0.3, 0.4) is 0 Å². The summed E-state index contributed by atoms with van der Waals surface area (Å²) in [4.78, 5) is 26.0. The van der Waals surface area contributed by atoms with Gasteiger partial charge in [0.2, 0.25) is 0 Å². The summed E-state index contributed by atoms with van der Waals surface area (Å²) in [7, 11) is 1.35. The molecule has 0 aliphatic carbocycles. The van der Waals surface area contributed by atoms with Crippen LogP contribution in [0.15, 0.2) is 54.6 Å². The molecule has 2 aromatic rings. The maximum atomic E-state index is 12.6. The van der Waals surface area contributed by atoms with Crippen molar-refractivity contribution in [3.63, 3.8) is 0 Å². The number of esters is 1. The number of carbonyl (C=O) groups excluding carboxylic acids is 2. The van der Waals surface area contributed by atoms with Crippen LogP contribution in [0, 0.1) is 5.92 Å². The summed E-state index contributed by atoms with van der Waals surface area (Å²) in [6.07, 6.45) is 3.14. The van der Waals surface area contributed by atoms with Gasteiger partial charge >= 0.3 is 5.97 Å². The predicted molar refractivity (Wildman–Crippen MR) is 96.6 cm³/mol. The van der Waals surface area contributed by atoms with Crippen molar-refractivity contribution in [3.8, 4) is 0 Å². The van der Waals surface area contributed by atoms with Gasteiger partial charge in [0.05, 0.1) is 12.7 Å². The number of ether oxygens (including phenoxy) is 1. The number of carbonyl (C=O) groups is 2. The Balaban J connectivity index is 1.55. The second-order valence-electron chi connectivity index (χ2n) is 6.49. The van der Waals surface area contributed by atoms with Crippen LogP contribution in [-0.4, -0.2) is 37.0 Å². The number of benzene rings is 2. The molecule has 1 aliphatic rings. The van der Waals surface area contributed by atoms with Crippen molar-refractivity contribution in [2.45, 2.75) is 19.3 Å². The topological polar surface area (TPSA) is 46.6 Å². The molecule has 0 radical (unpaired) electrons. The molecule has 1 amide bonds.